The number of carbonyl (C=O) groups is 2. The van der Waals surface area contributed by atoms with Crippen molar-refractivity contribution in [1.29, 1.82) is 0 Å². The Hall–Kier alpha value is -1.10. The van der Waals surface area contributed by atoms with Gasteiger partial charge in [0.15, 0.2) is 0 Å². The Morgan fingerprint density at radius 2 is 2.10 bits per heavy atom. The lowest BCUT2D eigenvalue weighted by molar-refractivity contribution is -0.138. The van der Waals surface area contributed by atoms with Crippen molar-refractivity contribution in [1.82, 2.24) is 10.2 Å². The molecule has 2 rings (SSSR count). The van der Waals surface area contributed by atoms with E-state index < -0.39 is 6.04 Å². The molecule has 1 fully saturated rings. The molecule has 0 spiro atoms. The first-order chi connectivity index (χ1) is 9.52. The van der Waals surface area contributed by atoms with Crippen LogP contribution >= 0.6 is 23.2 Å². The molecule has 1 heterocycles. The number of likely N-dealkylation sites (N-methyl/N-ethyl adjacent to an activating group) is 1. The van der Waals surface area contributed by atoms with Crippen molar-refractivity contribution in [2.24, 2.45) is 0 Å². The highest BCUT2D eigenvalue weighted by Crippen LogP contribution is 2.21. The van der Waals surface area contributed by atoms with Crippen LogP contribution in [0.5, 0.6) is 0 Å². The fraction of sp³-hybridized carbons (Fsp3) is 0.429. The summed E-state index contributed by atoms with van der Waals surface area (Å²) < 4.78 is 0. The van der Waals surface area contributed by atoms with Gasteiger partial charge in [-0.15, -0.1) is 0 Å². The number of nitrogens with one attached hydrogen (secondary N) is 1. The Bertz CT molecular complexity index is 534. The van der Waals surface area contributed by atoms with Crippen LogP contribution in [0.1, 0.15) is 18.9 Å². The van der Waals surface area contributed by atoms with Gasteiger partial charge in [-0.05, 0) is 37.6 Å². The minimum atomic E-state index is -0.409. The van der Waals surface area contributed by atoms with E-state index in [-0.39, 0.29) is 18.2 Å². The number of amides is 2. The maximum Gasteiger partial charge on any atom is 0.246 e. The van der Waals surface area contributed by atoms with Gasteiger partial charge in [0.25, 0.3) is 0 Å². The molecule has 1 aliphatic rings. The van der Waals surface area contributed by atoms with Crippen LogP contribution in [0.3, 0.4) is 0 Å². The molecule has 0 saturated carbocycles. The number of benzene rings is 1. The lowest BCUT2D eigenvalue weighted by Gasteiger charge is -2.13. The van der Waals surface area contributed by atoms with Gasteiger partial charge >= 0.3 is 0 Å². The largest absolute Gasteiger partial charge is 0.305 e. The summed E-state index contributed by atoms with van der Waals surface area (Å²) in [6.07, 6.45) is 0.918. The van der Waals surface area contributed by atoms with E-state index in [0.29, 0.717) is 29.6 Å². The molecule has 0 aliphatic carbocycles. The number of nitrogens with zero attached hydrogens (tertiary/aromatic N) is 1. The number of carbonyl (C=O) groups excluding carboxylic acids is 2. The first-order valence-corrected chi connectivity index (χ1v) is 7.30. The van der Waals surface area contributed by atoms with E-state index >= 15 is 0 Å². The third-order valence-electron chi connectivity index (χ3n) is 3.36. The smallest absolute Gasteiger partial charge is 0.246 e. The maximum absolute atomic E-state index is 11.9. The molecule has 1 aromatic rings. The summed E-state index contributed by atoms with van der Waals surface area (Å²) in [4.78, 5) is 24.8. The third kappa shape index (κ3) is 3.32. The van der Waals surface area contributed by atoms with E-state index in [2.05, 4.69) is 5.32 Å². The number of rotatable bonds is 5. The molecule has 1 aliphatic heterocycles. The van der Waals surface area contributed by atoms with E-state index in [1.807, 2.05) is 6.07 Å². The Morgan fingerprint density at radius 1 is 1.35 bits per heavy atom. The first-order valence-electron chi connectivity index (χ1n) is 6.54. The van der Waals surface area contributed by atoms with Gasteiger partial charge < -0.3 is 5.32 Å². The average Bonchev–Trinajstić information content (AvgIpc) is 2.67. The summed E-state index contributed by atoms with van der Waals surface area (Å²) in [7, 11) is 0. The van der Waals surface area contributed by atoms with E-state index in [0.717, 1.165) is 5.56 Å². The topological polar surface area (TPSA) is 49.4 Å². The number of likely N-dealkylation sites (tertiary alicyclic amines) is 1. The van der Waals surface area contributed by atoms with E-state index in [4.69, 9.17) is 23.2 Å². The standard InChI is InChI=1S/C14H16Cl2N2O2/c1-2-18-13(19)8-12(14(18)20)17-6-5-9-3-4-10(15)7-11(9)16/h3-4,7,12,17H,2,5-6,8H2,1H3. The van der Waals surface area contributed by atoms with Crippen LogP contribution in [0.25, 0.3) is 0 Å². The maximum atomic E-state index is 11.9. The summed E-state index contributed by atoms with van der Waals surface area (Å²) in [5.41, 5.74) is 0.965. The highest BCUT2D eigenvalue weighted by Gasteiger charge is 2.36. The predicted octanol–water partition coefficient (Wildman–Crippen LogP) is 2.27. The van der Waals surface area contributed by atoms with Crippen LogP contribution in [0.15, 0.2) is 18.2 Å². The Balaban J connectivity index is 1.87. The second kappa shape index (κ2) is 6.57. The van der Waals surface area contributed by atoms with Crippen molar-refractivity contribution in [3.8, 4) is 0 Å². The molecule has 4 nitrogen and oxygen atoms in total. The minimum absolute atomic E-state index is 0.112. The number of hydrogen-bond donors (Lipinski definition) is 1. The highest BCUT2D eigenvalue weighted by atomic mass is 35.5. The zero-order valence-corrected chi connectivity index (χ0v) is 12.7. The Kier molecular flexibility index (Phi) is 5.02. The van der Waals surface area contributed by atoms with Gasteiger partial charge in [0, 0.05) is 16.6 Å². The molecular formula is C14H16Cl2N2O2. The molecule has 0 radical (unpaired) electrons. The molecule has 1 unspecified atom stereocenters. The lowest BCUT2D eigenvalue weighted by atomic mass is 10.1. The first kappa shape index (κ1) is 15.3. The molecule has 1 saturated heterocycles. The molecule has 1 N–H and O–H groups in total. The van der Waals surface area contributed by atoms with Crippen LogP contribution < -0.4 is 5.32 Å². The van der Waals surface area contributed by atoms with Gasteiger partial charge in [-0.1, -0.05) is 29.3 Å². The summed E-state index contributed by atoms with van der Waals surface area (Å²) in [6, 6.07) is 4.94. The summed E-state index contributed by atoms with van der Waals surface area (Å²) in [6.45, 7) is 2.81. The third-order valence-corrected chi connectivity index (χ3v) is 3.95. The fourth-order valence-corrected chi connectivity index (χ4v) is 2.78. The van der Waals surface area contributed by atoms with Crippen molar-refractivity contribution in [2.75, 3.05) is 13.1 Å². The van der Waals surface area contributed by atoms with Crippen LogP contribution in [0, 0.1) is 0 Å². The SMILES string of the molecule is CCN1C(=O)CC(NCCc2ccc(Cl)cc2Cl)C1=O. The number of imide groups is 1. The van der Waals surface area contributed by atoms with E-state index in [1.54, 1.807) is 19.1 Å². The molecule has 1 aromatic carbocycles. The van der Waals surface area contributed by atoms with E-state index in [9.17, 15) is 9.59 Å². The summed E-state index contributed by atoms with van der Waals surface area (Å²) in [5, 5.41) is 4.33. The number of halogens is 2. The molecular weight excluding hydrogens is 299 g/mol. The van der Waals surface area contributed by atoms with Gasteiger partial charge in [-0.25, -0.2) is 0 Å². The normalized spacial score (nSPS) is 18.9. The number of hydrogen-bond acceptors (Lipinski definition) is 3. The zero-order chi connectivity index (χ0) is 14.7. The van der Waals surface area contributed by atoms with Gasteiger partial charge in [0.1, 0.15) is 0 Å². The molecule has 6 heteroatoms. The van der Waals surface area contributed by atoms with Crippen LogP contribution in [-0.4, -0.2) is 35.8 Å². The van der Waals surface area contributed by atoms with Crippen molar-refractivity contribution < 1.29 is 9.59 Å². The van der Waals surface area contributed by atoms with Crippen molar-refractivity contribution >= 4 is 35.0 Å². The Labute approximate surface area is 128 Å². The quantitative estimate of drug-likeness (QED) is 0.848. The summed E-state index contributed by atoms with van der Waals surface area (Å²) >= 11 is 11.9. The molecule has 0 bridgehead atoms. The van der Waals surface area contributed by atoms with Gasteiger partial charge in [-0.3, -0.25) is 14.5 Å². The fourth-order valence-electron chi connectivity index (χ4n) is 2.28. The second-order valence-corrected chi connectivity index (χ2v) is 5.52. The monoisotopic (exact) mass is 314 g/mol. The van der Waals surface area contributed by atoms with Crippen LogP contribution in [0.2, 0.25) is 10.0 Å². The van der Waals surface area contributed by atoms with Gasteiger partial charge in [0.05, 0.1) is 12.5 Å². The van der Waals surface area contributed by atoms with Crippen LogP contribution in [0.4, 0.5) is 0 Å². The molecule has 0 aromatic heterocycles. The van der Waals surface area contributed by atoms with Gasteiger partial charge in [-0.2, -0.15) is 0 Å². The van der Waals surface area contributed by atoms with Gasteiger partial charge in [0.2, 0.25) is 11.8 Å². The highest BCUT2D eigenvalue weighted by molar-refractivity contribution is 6.35. The average molecular weight is 315 g/mol. The second-order valence-electron chi connectivity index (χ2n) is 4.67. The molecule has 2 amide bonds. The van der Waals surface area contributed by atoms with Crippen molar-refractivity contribution in [3.63, 3.8) is 0 Å². The van der Waals surface area contributed by atoms with Crippen molar-refractivity contribution in [3.05, 3.63) is 33.8 Å². The molecule has 108 valence electrons. The summed E-state index contributed by atoms with van der Waals surface area (Å²) in [5.74, 6) is -0.251. The van der Waals surface area contributed by atoms with Crippen LogP contribution in [-0.2, 0) is 16.0 Å². The van der Waals surface area contributed by atoms with Crippen molar-refractivity contribution in [2.45, 2.75) is 25.8 Å². The van der Waals surface area contributed by atoms with E-state index in [1.165, 1.54) is 4.90 Å². The minimum Gasteiger partial charge on any atom is -0.305 e. The predicted molar refractivity (Wildman–Crippen MR) is 79.0 cm³/mol. The lowest BCUT2D eigenvalue weighted by Crippen LogP contribution is -2.39. The molecule has 1 atom stereocenters. The zero-order valence-electron chi connectivity index (χ0n) is 11.2. The molecule has 20 heavy (non-hydrogen) atoms. The Morgan fingerprint density at radius 3 is 2.70 bits per heavy atom.